The van der Waals surface area contributed by atoms with Gasteiger partial charge in [0.15, 0.2) is 0 Å². The number of nitrogens with one attached hydrogen (secondary N) is 1. The van der Waals surface area contributed by atoms with Crippen LogP contribution in [0.5, 0.6) is 0 Å². The number of amides is 1. The molecule has 0 aromatic carbocycles. The molecule has 0 bridgehead atoms. The second kappa shape index (κ2) is 4.64. The predicted octanol–water partition coefficient (Wildman–Crippen LogP) is 2.39. The van der Waals surface area contributed by atoms with Gasteiger partial charge in [0.25, 0.3) is 5.91 Å². The van der Waals surface area contributed by atoms with E-state index in [0.29, 0.717) is 32.0 Å². The molecule has 0 unspecified atom stereocenters. The largest absolute Gasteiger partial charge is 0.381 e. The van der Waals surface area contributed by atoms with E-state index in [0.717, 1.165) is 6.42 Å². The van der Waals surface area contributed by atoms with Gasteiger partial charge in [-0.1, -0.05) is 13.8 Å². The monoisotopic (exact) mass is 198 g/mol. The van der Waals surface area contributed by atoms with Gasteiger partial charge >= 0.3 is 0 Å². The Bertz CT molecular complexity index is 220. The van der Waals surface area contributed by atoms with Crippen molar-refractivity contribution >= 4 is 5.91 Å². The average Bonchev–Trinajstić information content (AvgIpc) is 2.17. The Labute approximate surface area is 84.5 Å². The van der Waals surface area contributed by atoms with Gasteiger partial charge in [-0.05, 0) is 25.2 Å². The third kappa shape index (κ3) is 2.38. The second-order valence-electron chi connectivity index (χ2n) is 4.41. The molecular formula is C10H18N2O2. The van der Waals surface area contributed by atoms with Crippen LogP contribution in [0, 0.1) is 16.9 Å². The molecule has 4 nitrogen and oxygen atoms in total. The molecule has 0 radical (unpaired) electrons. The van der Waals surface area contributed by atoms with Crippen LogP contribution in [-0.4, -0.2) is 19.1 Å². The highest BCUT2D eigenvalue weighted by Gasteiger charge is 2.40. The minimum Gasteiger partial charge on any atom is -0.381 e. The predicted molar refractivity (Wildman–Crippen MR) is 52.1 cm³/mol. The molecule has 0 aliphatic carbocycles. The summed E-state index contributed by atoms with van der Waals surface area (Å²) in [6.07, 6.45) is 2.25. The smallest absolute Gasteiger partial charge is 0.270 e. The first-order chi connectivity index (χ1) is 6.60. The lowest BCUT2D eigenvalue weighted by Crippen LogP contribution is -2.37. The fraction of sp³-hybridized carbons (Fsp3) is 0.900. The van der Waals surface area contributed by atoms with Gasteiger partial charge in [-0.15, -0.1) is 5.11 Å². The zero-order valence-corrected chi connectivity index (χ0v) is 8.88. The van der Waals surface area contributed by atoms with Gasteiger partial charge in [-0.25, -0.2) is 5.53 Å². The molecule has 1 amide bonds. The van der Waals surface area contributed by atoms with Gasteiger partial charge in [-0.2, -0.15) is 0 Å². The van der Waals surface area contributed by atoms with Crippen molar-refractivity contribution in [2.45, 2.75) is 33.1 Å². The maximum Gasteiger partial charge on any atom is 0.270 e. The van der Waals surface area contributed by atoms with Crippen LogP contribution in [0.15, 0.2) is 5.11 Å². The summed E-state index contributed by atoms with van der Waals surface area (Å²) < 4.78 is 5.25. The fourth-order valence-corrected chi connectivity index (χ4v) is 2.17. The van der Waals surface area contributed by atoms with Crippen molar-refractivity contribution in [2.75, 3.05) is 13.2 Å². The van der Waals surface area contributed by atoms with Crippen molar-refractivity contribution in [3.05, 3.63) is 0 Å². The fourth-order valence-electron chi connectivity index (χ4n) is 2.17. The van der Waals surface area contributed by atoms with Crippen LogP contribution in [0.3, 0.4) is 0 Å². The summed E-state index contributed by atoms with van der Waals surface area (Å²) in [4.78, 5) is 11.6. The van der Waals surface area contributed by atoms with E-state index in [1.165, 1.54) is 0 Å². The first-order valence-electron chi connectivity index (χ1n) is 5.10. The number of hydrogen-bond donors (Lipinski definition) is 1. The molecular weight excluding hydrogens is 180 g/mol. The van der Waals surface area contributed by atoms with Crippen molar-refractivity contribution < 1.29 is 9.53 Å². The average molecular weight is 198 g/mol. The van der Waals surface area contributed by atoms with Gasteiger partial charge in [0.1, 0.15) is 0 Å². The van der Waals surface area contributed by atoms with Crippen LogP contribution >= 0.6 is 0 Å². The van der Waals surface area contributed by atoms with Crippen molar-refractivity contribution in [1.82, 2.24) is 0 Å². The van der Waals surface area contributed by atoms with Gasteiger partial charge < -0.3 is 4.74 Å². The molecule has 0 aromatic rings. The van der Waals surface area contributed by atoms with Crippen LogP contribution < -0.4 is 0 Å². The van der Waals surface area contributed by atoms with E-state index in [9.17, 15) is 4.79 Å². The molecule has 0 aromatic heterocycles. The number of rotatable bonds is 3. The van der Waals surface area contributed by atoms with Gasteiger partial charge in [0.2, 0.25) is 0 Å². The molecule has 4 heteroatoms. The molecule has 1 heterocycles. The quantitative estimate of drug-likeness (QED) is 0.708. The summed E-state index contributed by atoms with van der Waals surface area (Å²) in [5.41, 5.74) is 6.44. The van der Waals surface area contributed by atoms with Gasteiger partial charge in [0.05, 0.1) is 5.41 Å². The van der Waals surface area contributed by atoms with Crippen LogP contribution in [0.4, 0.5) is 0 Å². The molecule has 1 aliphatic heterocycles. The van der Waals surface area contributed by atoms with Crippen LogP contribution in [0.1, 0.15) is 33.1 Å². The Kier molecular flexibility index (Phi) is 3.75. The third-order valence-corrected chi connectivity index (χ3v) is 2.80. The normalized spacial score (nSPS) is 20.8. The van der Waals surface area contributed by atoms with Gasteiger partial charge in [-0.3, -0.25) is 4.79 Å². The maximum atomic E-state index is 11.6. The van der Waals surface area contributed by atoms with Crippen molar-refractivity contribution in [3.8, 4) is 0 Å². The molecule has 80 valence electrons. The van der Waals surface area contributed by atoms with Crippen molar-refractivity contribution in [1.29, 1.82) is 5.53 Å². The summed E-state index contributed by atoms with van der Waals surface area (Å²) in [5, 5.41) is 3.09. The number of hydrogen-bond acceptors (Lipinski definition) is 3. The zero-order chi connectivity index (χ0) is 10.6. The summed E-state index contributed by atoms with van der Waals surface area (Å²) in [6.45, 7) is 5.42. The summed E-state index contributed by atoms with van der Waals surface area (Å²) in [7, 11) is 0. The number of carbonyl (C=O) groups excluding carboxylic acids is 1. The summed E-state index contributed by atoms with van der Waals surface area (Å²) in [5.74, 6) is 0.188. The molecule has 1 rings (SSSR count). The number of carbonyl (C=O) groups is 1. The highest BCUT2D eigenvalue weighted by Crippen LogP contribution is 2.38. The molecule has 1 fully saturated rings. The maximum absolute atomic E-state index is 11.6. The molecule has 0 spiro atoms. The van der Waals surface area contributed by atoms with Crippen molar-refractivity contribution in [3.63, 3.8) is 0 Å². The number of ether oxygens (including phenoxy) is 1. The lowest BCUT2D eigenvalue weighted by Gasteiger charge is -2.34. The second-order valence-corrected chi connectivity index (χ2v) is 4.41. The zero-order valence-electron chi connectivity index (χ0n) is 8.88. The Balaban J connectivity index is 2.76. The lowest BCUT2D eigenvalue weighted by atomic mass is 9.73. The van der Waals surface area contributed by atoms with E-state index in [1.807, 2.05) is 0 Å². The molecule has 1 saturated heterocycles. The standard InChI is InChI=1S/C10H18N2O2/c1-8(2)7-10(9(13)12-11)3-5-14-6-4-10/h8,11H,3-7H2,1-2H3. The van der Waals surface area contributed by atoms with E-state index in [2.05, 4.69) is 19.0 Å². The Hall–Kier alpha value is -0.770. The van der Waals surface area contributed by atoms with E-state index in [4.69, 9.17) is 10.3 Å². The highest BCUT2D eigenvalue weighted by molar-refractivity contribution is 5.82. The van der Waals surface area contributed by atoms with E-state index >= 15 is 0 Å². The van der Waals surface area contributed by atoms with E-state index in [1.54, 1.807) is 0 Å². The molecule has 0 atom stereocenters. The minimum atomic E-state index is -0.409. The molecule has 14 heavy (non-hydrogen) atoms. The highest BCUT2D eigenvalue weighted by atomic mass is 16.5. The first-order valence-corrected chi connectivity index (χ1v) is 5.10. The minimum absolute atomic E-state index is 0.269. The third-order valence-electron chi connectivity index (χ3n) is 2.80. The van der Waals surface area contributed by atoms with Crippen molar-refractivity contribution in [2.24, 2.45) is 16.4 Å². The first kappa shape index (κ1) is 11.3. The topological polar surface area (TPSA) is 62.5 Å². The van der Waals surface area contributed by atoms with Crippen LogP contribution in [-0.2, 0) is 9.53 Å². The van der Waals surface area contributed by atoms with E-state index in [-0.39, 0.29) is 5.91 Å². The molecule has 1 aliphatic rings. The molecule has 1 N–H and O–H groups in total. The van der Waals surface area contributed by atoms with Crippen LogP contribution in [0.25, 0.3) is 0 Å². The van der Waals surface area contributed by atoms with E-state index < -0.39 is 5.41 Å². The van der Waals surface area contributed by atoms with Gasteiger partial charge in [0, 0.05) is 13.2 Å². The Morgan fingerprint density at radius 2 is 2.07 bits per heavy atom. The SMILES string of the molecule is CC(C)CC1(C(=O)N=N)CCOCC1. The Morgan fingerprint density at radius 1 is 1.50 bits per heavy atom. The Morgan fingerprint density at radius 3 is 2.50 bits per heavy atom. The molecule has 0 saturated carbocycles. The summed E-state index contributed by atoms with van der Waals surface area (Å²) >= 11 is 0. The lowest BCUT2D eigenvalue weighted by molar-refractivity contribution is -0.135. The number of nitrogens with zero attached hydrogens (tertiary/aromatic N) is 1. The summed E-state index contributed by atoms with van der Waals surface area (Å²) in [6, 6.07) is 0. The van der Waals surface area contributed by atoms with Crippen LogP contribution in [0.2, 0.25) is 0 Å².